The van der Waals surface area contributed by atoms with Crippen LogP contribution in [0.3, 0.4) is 0 Å². The van der Waals surface area contributed by atoms with E-state index in [-0.39, 0.29) is 18.2 Å². The van der Waals surface area contributed by atoms with Crippen LogP contribution in [0.25, 0.3) is 0 Å². The predicted octanol–water partition coefficient (Wildman–Crippen LogP) is 4.88. The second-order valence-corrected chi connectivity index (χ2v) is 7.95. The molecule has 2 aromatic carbocycles. The van der Waals surface area contributed by atoms with Crippen LogP contribution in [0.5, 0.6) is 5.75 Å². The summed E-state index contributed by atoms with van der Waals surface area (Å²) in [6.45, 7) is 4.70. The fourth-order valence-corrected chi connectivity index (χ4v) is 3.45. The van der Waals surface area contributed by atoms with Crippen molar-refractivity contribution in [2.75, 3.05) is 13.7 Å². The topological polar surface area (TPSA) is 58.6 Å². The maximum atomic E-state index is 13.2. The molecule has 0 heterocycles. The van der Waals surface area contributed by atoms with Gasteiger partial charge >= 0.3 is 0 Å². The van der Waals surface area contributed by atoms with Gasteiger partial charge < -0.3 is 15.0 Å². The van der Waals surface area contributed by atoms with E-state index in [9.17, 15) is 9.59 Å². The first-order valence-corrected chi connectivity index (χ1v) is 10.7. The predicted molar refractivity (Wildman–Crippen MR) is 121 cm³/mol. The lowest BCUT2D eigenvalue weighted by Gasteiger charge is -2.29. The fourth-order valence-electron chi connectivity index (χ4n) is 2.98. The number of benzene rings is 2. The van der Waals surface area contributed by atoms with Gasteiger partial charge in [0.25, 0.3) is 0 Å². The van der Waals surface area contributed by atoms with Crippen molar-refractivity contribution in [3.63, 3.8) is 0 Å². The van der Waals surface area contributed by atoms with Crippen LogP contribution in [0.15, 0.2) is 42.5 Å². The molecule has 1 atom stereocenters. The Kier molecular flexibility index (Phi) is 9.47. The average molecular weight is 451 g/mol. The van der Waals surface area contributed by atoms with Gasteiger partial charge in [-0.2, -0.15) is 0 Å². The van der Waals surface area contributed by atoms with E-state index in [1.165, 1.54) is 0 Å². The summed E-state index contributed by atoms with van der Waals surface area (Å²) in [5.41, 5.74) is 1.57. The van der Waals surface area contributed by atoms with E-state index < -0.39 is 6.04 Å². The number of unbranched alkanes of at least 4 members (excludes halogenated alkanes) is 1. The Hall–Kier alpha value is -2.24. The van der Waals surface area contributed by atoms with Crippen molar-refractivity contribution in [1.82, 2.24) is 10.2 Å². The minimum absolute atomic E-state index is 0.0821. The summed E-state index contributed by atoms with van der Waals surface area (Å²) in [6.07, 6.45) is 1.96. The number of nitrogens with one attached hydrogen (secondary N) is 1. The number of ether oxygens (including phenoxy) is 1. The lowest BCUT2D eigenvalue weighted by atomic mass is 10.1. The Balaban J connectivity index is 2.21. The Labute approximate surface area is 188 Å². The number of methoxy groups -OCH3 is 1. The Morgan fingerprint density at radius 1 is 1.13 bits per heavy atom. The first-order valence-electron chi connectivity index (χ1n) is 9.99. The standard InChI is InChI=1S/C23H28Cl2N2O3/c1-4-5-12-26-23(29)16(2)27(15-17-6-10-20(30-3)11-7-17)22(28)13-18-8-9-19(24)14-21(18)25/h6-11,14,16H,4-5,12-13,15H2,1-3H3,(H,26,29)/t16-/m0/s1. The maximum absolute atomic E-state index is 13.2. The Morgan fingerprint density at radius 3 is 2.43 bits per heavy atom. The number of carbonyl (C=O) groups excluding carboxylic acids is 2. The first-order chi connectivity index (χ1) is 14.3. The number of nitrogens with zero attached hydrogens (tertiary/aromatic N) is 1. The summed E-state index contributed by atoms with van der Waals surface area (Å²) in [4.78, 5) is 27.4. The molecule has 2 amide bonds. The third-order valence-corrected chi connectivity index (χ3v) is 5.45. The molecule has 0 bridgehead atoms. The normalized spacial score (nSPS) is 11.6. The van der Waals surface area contributed by atoms with E-state index in [2.05, 4.69) is 12.2 Å². The summed E-state index contributed by atoms with van der Waals surface area (Å²) in [5.74, 6) is 0.371. The second-order valence-electron chi connectivity index (χ2n) is 7.10. The van der Waals surface area contributed by atoms with Crippen molar-refractivity contribution in [1.29, 1.82) is 0 Å². The summed E-state index contributed by atoms with van der Waals surface area (Å²) < 4.78 is 5.19. The molecule has 0 aliphatic rings. The Morgan fingerprint density at radius 2 is 1.83 bits per heavy atom. The van der Waals surface area contributed by atoms with Gasteiger partial charge in [-0.1, -0.05) is 54.7 Å². The Bertz CT molecular complexity index is 856. The average Bonchev–Trinajstić information content (AvgIpc) is 2.74. The zero-order chi connectivity index (χ0) is 22.1. The van der Waals surface area contributed by atoms with Crippen molar-refractivity contribution >= 4 is 35.0 Å². The van der Waals surface area contributed by atoms with Gasteiger partial charge in [0.05, 0.1) is 13.5 Å². The van der Waals surface area contributed by atoms with Crippen LogP contribution in [0.1, 0.15) is 37.8 Å². The second kappa shape index (κ2) is 11.8. The summed E-state index contributed by atoms with van der Waals surface area (Å²) >= 11 is 12.2. The number of hydrogen-bond acceptors (Lipinski definition) is 3. The smallest absolute Gasteiger partial charge is 0.242 e. The minimum Gasteiger partial charge on any atom is -0.497 e. The molecule has 0 spiro atoms. The lowest BCUT2D eigenvalue weighted by molar-refractivity contribution is -0.140. The zero-order valence-electron chi connectivity index (χ0n) is 17.6. The molecule has 0 aromatic heterocycles. The first kappa shape index (κ1) is 24.0. The molecule has 0 saturated carbocycles. The van der Waals surface area contributed by atoms with E-state index in [1.807, 2.05) is 24.3 Å². The van der Waals surface area contributed by atoms with E-state index in [4.69, 9.17) is 27.9 Å². The highest BCUT2D eigenvalue weighted by molar-refractivity contribution is 6.35. The largest absolute Gasteiger partial charge is 0.497 e. The highest BCUT2D eigenvalue weighted by Gasteiger charge is 2.26. The zero-order valence-corrected chi connectivity index (χ0v) is 19.1. The molecule has 5 nitrogen and oxygen atoms in total. The molecule has 1 N–H and O–H groups in total. The molecule has 0 radical (unpaired) electrons. The van der Waals surface area contributed by atoms with Crippen molar-refractivity contribution < 1.29 is 14.3 Å². The molecule has 0 aliphatic carbocycles. The van der Waals surface area contributed by atoms with Crippen LogP contribution in [-0.4, -0.2) is 36.4 Å². The number of amides is 2. The van der Waals surface area contributed by atoms with Gasteiger partial charge in [0.2, 0.25) is 11.8 Å². The molecule has 7 heteroatoms. The fraction of sp³-hybridized carbons (Fsp3) is 0.391. The van der Waals surface area contributed by atoms with Gasteiger partial charge in [-0.25, -0.2) is 0 Å². The van der Waals surface area contributed by atoms with Gasteiger partial charge in [-0.15, -0.1) is 0 Å². The van der Waals surface area contributed by atoms with Crippen LogP contribution in [0.4, 0.5) is 0 Å². The van der Waals surface area contributed by atoms with Crippen LogP contribution >= 0.6 is 23.2 Å². The van der Waals surface area contributed by atoms with Gasteiger partial charge in [0.1, 0.15) is 11.8 Å². The molecular formula is C23H28Cl2N2O3. The van der Waals surface area contributed by atoms with Gasteiger partial charge in [0.15, 0.2) is 0 Å². The van der Waals surface area contributed by atoms with Gasteiger partial charge in [0, 0.05) is 23.1 Å². The molecule has 2 rings (SSSR count). The van der Waals surface area contributed by atoms with E-state index in [1.54, 1.807) is 37.1 Å². The third-order valence-electron chi connectivity index (χ3n) is 4.87. The highest BCUT2D eigenvalue weighted by Crippen LogP contribution is 2.23. The lowest BCUT2D eigenvalue weighted by Crippen LogP contribution is -2.48. The third kappa shape index (κ3) is 6.92. The number of hydrogen-bond donors (Lipinski definition) is 1. The van der Waals surface area contributed by atoms with Crippen molar-refractivity contribution in [3.8, 4) is 5.75 Å². The van der Waals surface area contributed by atoms with Crippen LogP contribution < -0.4 is 10.1 Å². The van der Waals surface area contributed by atoms with E-state index >= 15 is 0 Å². The summed E-state index contributed by atoms with van der Waals surface area (Å²) in [6, 6.07) is 11.9. The molecule has 0 fully saturated rings. The molecule has 2 aromatic rings. The molecule has 0 saturated heterocycles. The maximum Gasteiger partial charge on any atom is 0.242 e. The van der Waals surface area contributed by atoms with Gasteiger partial charge in [-0.05, 0) is 48.7 Å². The van der Waals surface area contributed by atoms with Crippen molar-refractivity contribution in [2.24, 2.45) is 0 Å². The van der Waals surface area contributed by atoms with Gasteiger partial charge in [-0.3, -0.25) is 9.59 Å². The quantitative estimate of drug-likeness (QED) is 0.524. The molecular weight excluding hydrogens is 423 g/mol. The van der Waals surface area contributed by atoms with Crippen molar-refractivity contribution in [3.05, 3.63) is 63.6 Å². The van der Waals surface area contributed by atoms with Crippen LogP contribution in [-0.2, 0) is 22.6 Å². The summed E-state index contributed by atoms with van der Waals surface area (Å²) in [7, 11) is 1.60. The van der Waals surface area contributed by atoms with Crippen molar-refractivity contribution in [2.45, 2.75) is 45.7 Å². The molecule has 162 valence electrons. The van der Waals surface area contributed by atoms with Crippen LogP contribution in [0, 0.1) is 0 Å². The number of carbonyl (C=O) groups is 2. The number of rotatable bonds is 10. The summed E-state index contributed by atoms with van der Waals surface area (Å²) in [5, 5.41) is 3.85. The SMILES string of the molecule is CCCCNC(=O)[C@H](C)N(Cc1ccc(OC)cc1)C(=O)Cc1ccc(Cl)cc1Cl. The molecule has 30 heavy (non-hydrogen) atoms. The number of halogens is 2. The van der Waals surface area contributed by atoms with Crippen LogP contribution in [0.2, 0.25) is 10.0 Å². The molecule has 0 unspecified atom stereocenters. The molecule has 0 aliphatic heterocycles. The van der Waals surface area contributed by atoms with E-state index in [0.29, 0.717) is 28.7 Å². The monoisotopic (exact) mass is 450 g/mol. The minimum atomic E-state index is -0.623. The van der Waals surface area contributed by atoms with E-state index in [0.717, 1.165) is 24.2 Å². The highest BCUT2D eigenvalue weighted by atomic mass is 35.5.